The molecule has 26 heavy (non-hydrogen) atoms. The molecule has 2 unspecified atom stereocenters. The van der Waals surface area contributed by atoms with Crippen LogP contribution in [0.4, 0.5) is 5.69 Å². The number of rotatable bonds is 7. The molecule has 5 heteroatoms. The molecule has 1 N–H and O–H groups in total. The van der Waals surface area contributed by atoms with E-state index >= 15 is 0 Å². The Kier molecular flexibility index (Phi) is 7.64. The lowest BCUT2D eigenvalue weighted by atomic mass is 9.99. The topological polar surface area (TPSA) is 52.7 Å². The second-order valence-corrected chi connectivity index (χ2v) is 7.24. The first kappa shape index (κ1) is 20.4. The molecule has 1 heterocycles. The Morgan fingerprint density at radius 1 is 1.27 bits per heavy atom. The van der Waals surface area contributed by atoms with Crippen LogP contribution in [0.25, 0.3) is 0 Å². The van der Waals surface area contributed by atoms with Gasteiger partial charge in [-0.3, -0.25) is 14.5 Å². The number of hydrogen-bond acceptors (Lipinski definition) is 3. The lowest BCUT2D eigenvalue weighted by Crippen LogP contribution is -2.52. The van der Waals surface area contributed by atoms with Gasteiger partial charge in [-0.1, -0.05) is 32.0 Å². The van der Waals surface area contributed by atoms with E-state index in [9.17, 15) is 9.59 Å². The number of para-hydroxylation sites is 1. The molecule has 1 aliphatic rings. The Bertz CT molecular complexity index is 617. The van der Waals surface area contributed by atoms with Gasteiger partial charge in [-0.25, -0.2) is 0 Å². The quantitative estimate of drug-likeness (QED) is 0.813. The van der Waals surface area contributed by atoms with Crippen molar-refractivity contribution in [1.29, 1.82) is 0 Å². The van der Waals surface area contributed by atoms with Gasteiger partial charge in [0.05, 0.1) is 12.6 Å². The van der Waals surface area contributed by atoms with Crippen molar-refractivity contribution in [3.63, 3.8) is 0 Å². The van der Waals surface area contributed by atoms with Crippen molar-refractivity contribution in [3.05, 3.63) is 29.8 Å². The Hall–Kier alpha value is -1.88. The van der Waals surface area contributed by atoms with Crippen molar-refractivity contribution >= 4 is 17.5 Å². The number of likely N-dealkylation sites (N-methyl/N-ethyl adjacent to an activating group) is 1. The van der Waals surface area contributed by atoms with E-state index in [0.717, 1.165) is 43.5 Å². The monoisotopic (exact) mass is 359 g/mol. The van der Waals surface area contributed by atoms with Gasteiger partial charge in [-0.05, 0) is 57.7 Å². The van der Waals surface area contributed by atoms with Gasteiger partial charge in [-0.2, -0.15) is 0 Å². The molecule has 0 aliphatic carbocycles. The van der Waals surface area contributed by atoms with Crippen LogP contribution in [0.3, 0.4) is 0 Å². The average molecular weight is 360 g/mol. The molecular weight excluding hydrogens is 326 g/mol. The Balaban J connectivity index is 1.94. The highest BCUT2D eigenvalue weighted by Gasteiger charge is 2.30. The van der Waals surface area contributed by atoms with E-state index in [4.69, 9.17) is 0 Å². The molecule has 5 nitrogen and oxygen atoms in total. The Morgan fingerprint density at radius 3 is 2.69 bits per heavy atom. The molecule has 0 saturated carbocycles. The molecule has 2 amide bonds. The van der Waals surface area contributed by atoms with Crippen molar-refractivity contribution < 1.29 is 9.59 Å². The van der Waals surface area contributed by atoms with E-state index in [0.29, 0.717) is 6.04 Å². The maximum absolute atomic E-state index is 12.9. The number of nitrogens with zero attached hydrogens (tertiary/aromatic N) is 2. The number of carbonyl (C=O) groups excluding carboxylic acids is 2. The van der Waals surface area contributed by atoms with Crippen molar-refractivity contribution in [3.8, 4) is 0 Å². The first-order valence-electron chi connectivity index (χ1n) is 9.86. The third kappa shape index (κ3) is 5.07. The molecule has 144 valence electrons. The number of nitrogens with one attached hydrogen (secondary N) is 1. The zero-order valence-corrected chi connectivity index (χ0v) is 16.6. The average Bonchev–Trinajstić information content (AvgIpc) is 2.67. The zero-order chi connectivity index (χ0) is 19.1. The minimum atomic E-state index is -0.297. The van der Waals surface area contributed by atoms with Gasteiger partial charge in [0.15, 0.2) is 0 Å². The number of amides is 2. The van der Waals surface area contributed by atoms with Gasteiger partial charge in [0.2, 0.25) is 11.8 Å². The van der Waals surface area contributed by atoms with Crippen LogP contribution in [-0.4, -0.2) is 53.8 Å². The molecule has 0 aromatic heterocycles. The molecule has 1 aromatic carbocycles. The first-order valence-corrected chi connectivity index (χ1v) is 9.86. The third-order valence-corrected chi connectivity index (χ3v) is 5.47. The van der Waals surface area contributed by atoms with E-state index in [1.807, 2.05) is 48.0 Å². The molecule has 0 radical (unpaired) electrons. The number of piperidine rings is 1. The van der Waals surface area contributed by atoms with Gasteiger partial charge in [0, 0.05) is 18.3 Å². The molecule has 0 bridgehead atoms. The fraction of sp³-hybridized carbons (Fsp3) is 0.619. The summed E-state index contributed by atoms with van der Waals surface area (Å²) < 4.78 is 0. The number of carbonyl (C=O) groups is 2. The van der Waals surface area contributed by atoms with Gasteiger partial charge in [0.25, 0.3) is 0 Å². The third-order valence-electron chi connectivity index (χ3n) is 5.47. The molecule has 1 fully saturated rings. The smallest absolute Gasteiger partial charge is 0.239 e. The number of benzene rings is 1. The van der Waals surface area contributed by atoms with E-state index in [1.54, 1.807) is 0 Å². The molecule has 1 aliphatic heterocycles. The van der Waals surface area contributed by atoms with Crippen molar-refractivity contribution in [2.24, 2.45) is 0 Å². The maximum Gasteiger partial charge on any atom is 0.239 e. The van der Waals surface area contributed by atoms with Crippen molar-refractivity contribution in [1.82, 2.24) is 9.80 Å². The standard InChI is InChI=1S/C21H33N3O2/c1-5-17-11-7-8-13-19(17)22-20(25)15-23(4)16(3)21(26)24-14-10-9-12-18(24)6-2/h7-8,11,13,16,18H,5-6,9-10,12,14-15H2,1-4H3,(H,22,25). The van der Waals surface area contributed by atoms with Gasteiger partial charge >= 0.3 is 0 Å². The minimum Gasteiger partial charge on any atom is -0.338 e. The summed E-state index contributed by atoms with van der Waals surface area (Å²) in [4.78, 5) is 29.2. The van der Waals surface area contributed by atoms with Crippen LogP contribution in [0.15, 0.2) is 24.3 Å². The molecule has 1 saturated heterocycles. The molecule has 2 atom stereocenters. The number of aryl methyl sites for hydroxylation is 1. The summed E-state index contributed by atoms with van der Waals surface area (Å²) in [5.74, 6) is 0.0551. The zero-order valence-electron chi connectivity index (χ0n) is 16.6. The highest BCUT2D eigenvalue weighted by atomic mass is 16.2. The predicted molar refractivity (Wildman–Crippen MR) is 106 cm³/mol. The summed E-state index contributed by atoms with van der Waals surface area (Å²) in [6.45, 7) is 7.15. The summed E-state index contributed by atoms with van der Waals surface area (Å²) in [6.07, 6.45) is 5.23. The fourth-order valence-corrected chi connectivity index (χ4v) is 3.65. The molecular formula is C21H33N3O2. The van der Waals surface area contributed by atoms with Crippen LogP contribution in [0.2, 0.25) is 0 Å². The summed E-state index contributed by atoms with van der Waals surface area (Å²) in [7, 11) is 1.85. The van der Waals surface area contributed by atoms with Crippen LogP contribution < -0.4 is 5.32 Å². The Morgan fingerprint density at radius 2 is 2.00 bits per heavy atom. The molecule has 2 rings (SSSR count). The maximum atomic E-state index is 12.9. The van der Waals surface area contributed by atoms with Crippen LogP contribution in [0.1, 0.15) is 52.0 Å². The van der Waals surface area contributed by atoms with E-state index < -0.39 is 0 Å². The first-order chi connectivity index (χ1) is 12.5. The van der Waals surface area contributed by atoms with Crippen molar-refractivity contribution in [2.45, 2.75) is 65.0 Å². The van der Waals surface area contributed by atoms with Crippen LogP contribution in [-0.2, 0) is 16.0 Å². The summed E-state index contributed by atoms with van der Waals surface area (Å²) in [5.41, 5.74) is 1.97. The van der Waals surface area contributed by atoms with Gasteiger partial charge in [0.1, 0.15) is 0 Å². The van der Waals surface area contributed by atoms with Crippen LogP contribution in [0, 0.1) is 0 Å². The van der Waals surface area contributed by atoms with Gasteiger partial charge in [-0.15, -0.1) is 0 Å². The summed E-state index contributed by atoms with van der Waals surface area (Å²) in [5, 5.41) is 2.98. The summed E-state index contributed by atoms with van der Waals surface area (Å²) in [6, 6.07) is 7.89. The molecule has 1 aromatic rings. The van der Waals surface area contributed by atoms with Crippen molar-refractivity contribution in [2.75, 3.05) is 25.5 Å². The highest BCUT2D eigenvalue weighted by molar-refractivity contribution is 5.93. The lowest BCUT2D eigenvalue weighted by Gasteiger charge is -2.38. The Labute approximate surface area is 157 Å². The molecule has 0 spiro atoms. The minimum absolute atomic E-state index is 0.0845. The highest BCUT2D eigenvalue weighted by Crippen LogP contribution is 2.21. The SMILES string of the molecule is CCc1ccccc1NC(=O)CN(C)C(C)C(=O)N1CCCCC1CC. The number of hydrogen-bond donors (Lipinski definition) is 1. The normalized spacial score (nSPS) is 18.7. The van der Waals surface area contributed by atoms with E-state index in [2.05, 4.69) is 19.2 Å². The van der Waals surface area contributed by atoms with Gasteiger partial charge < -0.3 is 10.2 Å². The second kappa shape index (κ2) is 9.72. The van der Waals surface area contributed by atoms with E-state index in [1.165, 1.54) is 6.42 Å². The van der Waals surface area contributed by atoms with Crippen LogP contribution in [0.5, 0.6) is 0 Å². The fourth-order valence-electron chi connectivity index (χ4n) is 3.65. The van der Waals surface area contributed by atoms with Crippen LogP contribution >= 0.6 is 0 Å². The number of anilines is 1. The van der Waals surface area contributed by atoms with E-state index in [-0.39, 0.29) is 24.4 Å². The number of likely N-dealkylation sites (tertiary alicyclic amines) is 1. The second-order valence-electron chi connectivity index (χ2n) is 7.24. The largest absolute Gasteiger partial charge is 0.338 e. The lowest BCUT2D eigenvalue weighted by molar-refractivity contribution is -0.140. The summed E-state index contributed by atoms with van der Waals surface area (Å²) >= 11 is 0. The predicted octanol–water partition coefficient (Wildman–Crippen LogP) is 3.30.